The summed E-state index contributed by atoms with van der Waals surface area (Å²) < 4.78 is 0. The number of nitrogens with zero attached hydrogens (tertiary/aromatic N) is 1. The van der Waals surface area contributed by atoms with Crippen molar-refractivity contribution in [2.24, 2.45) is 11.7 Å². The van der Waals surface area contributed by atoms with Crippen LogP contribution in [-0.4, -0.2) is 30.4 Å². The Labute approximate surface area is 74.2 Å². The first-order valence-electron chi connectivity index (χ1n) is 4.12. The van der Waals surface area contributed by atoms with Gasteiger partial charge < -0.3 is 10.6 Å². The molecule has 0 saturated heterocycles. The number of carbonyl (C=O) groups is 1. The van der Waals surface area contributed by atoms with Crippen molar-refractivity contribution < 1.29 is 4.79 Å². The standard InChI is InChI=1S/C9H18N2O/c1-5-6-11(4)9(12)8(10)7(2)3/h5,7-8H,1,6,10H2,2-4H3/t8-/m1/s1. The van der Waals surface area contributed by atoms with Crippen LogP contribution in [0, 0.1) is 5.92 Å². The molecule has 0 aromatic carbocycles. The molecule has 12 heavy (non-hydrogen) atoms. The third-order valence-electron chi connectivity index (χ3n) is 1.78. The average Bonchev–Trinajstić information content (AvgIpc) is 2.02. The molecule has 0 aliphatic heterocycles. The Balaban J connectivity index is 4.08. The van der Waals surface area contributed by atoms with E-state index >= 15 is 0 Å². The maximum Gasteiger partial charge on any atom is 0.239 e. The predicted molar refractivity (Wildman–Crippen MR) is 50.6 cm³/mol. The zero-order chi connectivity index (χ0) is 9.72. The fraction of sp³-hybridized carbons (Fsp3) is 0.667. The molecule has 0 fully saturated rings. The van der Waals surface area contributed by atoms with Crippen molar-refractivity contribution in [2.45, 2.75) is 19.9 Å². The Morgan fingerprint density at radius 2 is 2.17 bits per heavy atom. The molecule has 3 heteroatoms. The molecule has 0 bridgehead atoms. The van der Waals surface area contributed by atoms with E-state index in [1.165, 1.54) is 0 Å². The van der Waals surface area contributed by atoms with Crippen molar-refractivity contribution in [2.75, 3.05) is 13.6 Å². The largest absolute Gasteiger partial charge is 0.341 e. The van der Waals surface area contributed by atoms with Crippen LogP contribution >= 0.6 is 0 Å². The van der Waals surface area contributed by atoms with Gasteiger partial charge in [0.1, 0.15) is 0 Å². The van der Waals surface area contributed by atoms with E-state index in [1.807, 2.05) is 13.8 Å². The van der Waals surface area contributed by atoms with Gasteiger partial charge in [-0.2, -0.15) is 0 Å². The smallest absolute Gasteiger partial charge is 0.239 e. The van der Waals surface area contributed by atoms with Crippen LogP contribution in [0.15, 0.2) is 12.7 Å². The van der Waals surface area contributed by atoms with E-state index in [1.54, 1.807) is 18.0 Å². The van der Waals surface area contributed by atoms with Crippen LogP contribution in [0.25, 0.3) is 0 Å². The van der Waals surface area contributed by atoms with E-state index in [0.29, 0.717) is 6.54 Å². The lowest BCUT2D eigenvalue weighted by molar-refractivity contribution is -0.131. The summed E-state index contributed by atoms with van der Waals surface area (Å²) in [5.41, 5.74) is 5.67. The summed E-state index contributed by atoms with van der Waals surface area (Å²) >= 11 is 0. The van der Waals surface area contributed by atoms with Gasteiger partial charge in [0.15, 0.2) is 0 Å². The number of likely N-dealkylation sites (N-methyl/N-ethyl adjacent to an activating group) is 1. The van der Waals surface area contributed by atoms with E-state index in [9.17, 15) is 4.79 Å². The fourth-order valence-corrected chi connectivity index (χ4v) is 0.823. The first-order chi connectivity index (χ1) is 5.50. The van der Waals surface area contributed by atoms with Gasteiger partial charge >= 0.3 is 0 Å². The lowest BCUT2D eigenvalue weighted by atomic mass is 10.0. The van der Waals surface area contributed by atoms with Gasteiger partial charge in [-0.1, -0.05) is 19.9 Å². The maximum absolute atomic E-state index is 11.4. The molecule has 0 aliphatic carbocycles. The van der Waals surface area contributed by atoms with E-state index < -0.39 is 6.04 Å². The van der Waals surface area contributed by atoms with Crippen molar-refractivity contribution in [1.82, 2.24) is 4.90 Å². The van der Waals surface area contributed by atoms with E-state index in [2.05, 4.69) is 6.58 Å². The summed E-state index contributed by atoms with van der Waals surface area (Å²) in [7, 11) is 1.73. The molecule has 3 nitrogen and oxygen atoms in total. The summed E-state index contributed by atoms with van der Waals surface area (Å²) in [5.74, 6) is 0.162. The van der Waals surface area contributed by atoms with E-state index in [4.69, 9.17) is 5.73 Å². The molecule has 0 rings (SSSR count). The zero-order valence-corrected chi connectivity index (χ0v) is 8.08. The van der Waals surface area contributed by atoms with E-state index in [0.717, 1.165) is 0 Å². The summed E-state index contributed by atoms with van der Waals surface area (Å²) in [5, 5.41) is 0. The monoisotopic (exact) mass is 170 g/mol. The van der Waals surface area contributed by atoms with Crippen LogP contribution in [0.4, 0.5) is 0 Å². The highest BCUT2D eigenvalue weighted by Gasteiger charge is 2.19. The SMILES string of the molecule is C=CCN(C)C(=O)[C@H](N)C(C)C. The van der Waals surface area contributed by atoms with Crippen LogP contribution < -0.4 is 5.73 Å². The van der Waals surface area contributed by atoms with Gasteiger partial charge in [0.05, 0.1) is 6.04 Å². The topological polar surface area (TPSA) is 46.3 Å². The minimum absolute atomic E-state index is 0.0232. The van der Waals surface area contributed by atoms with Crippen LogP contribution in [0.1, 0.15) is 13.8 Å². The first-order valence-corrected chi connectivity index (χ1v) is 4.12. The molecule has 70 valence electrons. The normalized spacial score (nSPS) is 12.8. The highest BCUT2D eigenvalue weighted by atomic mass is 16.2. The number of hydrogen-bond donors (Lipinski definition) is 1. The van der Waals surface area contributed by atoms with E-state index in [-0.39, 0.29) is 11.8 Å². The molecule has 1 atom stereocenters. The van der Waals surface area contributed by atoms with Gasteiger partial charge in [0.2, 0.25) is 5.91 Å². The Morgan fingerprint density at radius 3 is 2.50 bits per heavy atom. The minimum Gasteiger partial charge on any atom is -0.341 e. The fourth-order valence-electron chi connectivity index (χ4n) is 0.823. The Morgan fingerprint density at radius 1 is 1.67 bits per heavy atom. The maximum atomic E-state index is 11.4. The molecule has 0 aliphatic rings. The number of nitrogens with two attached hydrogens (primary N) is 1. The first kappa shape index (κ1) is 11.2. The molecule has 0 aromatic rings. The second-order valence-corrected chi connectivity index (χ2v) is 3.28. The third-order valence-corrected chi connectivity index (χ3v) is 1.78. The van der Waals surface area contributed by atoms with Crippen molar-refractivity contribution in [3.8, 4) is 0 Å². The predicted octanol–water partition coefficient (Wildman–Crippen LogP) is 0.614. The van der Waals surface area contributed by atoms with Gasteiger partial charge in [-0.05, 0) is 5.92 Å². The molecule has 0 radical (unpaired) electrons. The van der Waals surface area contributed by atoms with Crippen molar-refractivity contribution in [3.63, 3.8) is 0 Å². The number of hydrogen-bond acceptors (Lipinski definition) is 2. The minimum atomic E-state index is -0.394. The van der Waals surface area contributed by atoms with Gasteiger partial charge in [0, 0.05) is 13.6 Å². The van der Waals surface area contributed by atoms with Crippen LogP contribution in [0.5, 0.6) is 0 Å². The lowest BCUT2D eigenvalue weighted by Gasteiger charge is -2.21. The molecule has 2 N–H and O–H groups in total. The van der Waals surface area contributed by atoms with Crippen LogP contribution in [0.3, 0.4) is 0 Å². The van der Waals surface area contributed by atoms with Gasteiger partial charge in [-0.25, -0.2) is 0 Å². The van der Waals surface area contributed by atoms with Gasteiger partial charge in [-0.3, -0.25) is 4.79 Å². The number of rotatable bonds is 4. The molecule has 0 unspecified atom stereocenters. The van der Waals surface area contributed by atoms with Crippen LogP contribution in [-0.2, 0) is 4.79 Å². The Bertz CT molecular complexity index is 166. The summed E-state index contributed by atoms with van der Waals surface area (Å²) in [6.45, 7) is 7.98. The molecule has 0 heterocycles. The highest BCUT2D eigenvalue weighted by Crippen LogP contribution is 2.01. The van der Waals surface area contributed by atoms with Crippen molar-refractivity contribution >= 4 is 5.91 Å². The molecule has 0 spiro atoms. The molecule has 0 saturated carbocycles. The van der Waals surface area contributed by atoms with Crippen molar-refractivity contribution in [3.05, 3.63) is 12.7 Å². The molecule has 1 amide bonds. The number of carbonyl (C=O) groups excluding carboxylic acids is 1. The quantitative estimate of drug-likeness (QED) is 0.628. The Kier molecular flexibility index (Phi) is 4.59. The number of amides is 1. The van der Waals surface area contributed by atoms with Gasteiger partial charge in [-0.15, -0.1) is 6.58 Å². The highest BCUT2D eigenvalue weighted by molar-refractivity contribution is 5.81. The average molecular weight is 170 g/mol. The molecule has 0 aromatic heterocycles. The second-order valence-electron chi connectivity index (χ2n) is 3.28. The second kappa shape index (κ2) is 4.93. The van der Waals surface area contributed by atoms with Crippen LogP contribution in [0.2, 0.25) is 0 Å². The lowest BCUT2D eigenvalue weighted by Crippen LogP contribution is -2.44. The molecular weight excluding hydrogens is 152 g/mol. The summed E-state index contributed by atoms with van der Waals surface area (Å²) in [4.78, 5) is 13.0. The third kappa shape index (κ3) is 3.05. The summed E-state index contributed by atoms with van der Waals surface area (Å²) in [6, 6.07) is -0.394. The van der Waals surface area contributed by atoms with Crippen molar-refractivity contribution in [1.29, 1.82) is 0 Å². The molecular formula is C9H18N2O. The Hall–Kier alpha value is -0.830. The summed E-state index contributed by atoms with van der Waals surface area (Å²) in [6.07, 6.45) is 1.69. The zero-order valence-electron chi connectivity index (χ0n) is 8.08. The van der Waals surface area contributed by atoms with Gasteiger partial charge in [0.25, 0.3) is 0 Å².